The van der Waals surface area contributed by atoms with E-state index in [1.54, 1.807) is 36.4 Å². The number of halogens is 12. The Balaban J connectivity index is 0.000000320. The predicted molar refractivity (Wildman–Crippen MR) is 270 cm³/mol. The fourth-order valence-electron chi connectivity index (χ4n) is 6.80. The van der Waals surface area contributed by atoms with E-state index in [0.717, 1.165) is 51.9 Å². The molecule has 0 aliphatic rings. The summed E-state index contributed by atoms with van der Waals surface area (Å²) in [4.78, 5) is 0. The van der Waals surface area contributed by atoms with Crippen LogP contribution < -0.4 is 25.9 Å². The van der Waals surface area contributed by atoms with Crippen LogP contribution in [0.5, 0.6) is 0 Å². The van der Waals surface area contributed by atoms with Gasteiger partial charge in [-0.25, -0.2) is 0 Å². The fraction of sp³-hybridized carbons (Fsp3) is 0.400. The molecule has 0 saturated carbocycles. The van der Waals surface area contributed by atoms with Crippen LogP contribution in [0.15, 0.2) is 121 Å². The van der Waals surface area contributed by atoms with Crippen LogP contribution in [-0.4, -0.2) is 40.4 Å². The molecule has 0 aromatic heterocycles. The van der Waals surface area contributed by atoms with Crippen LogP contribution in [0.3, 0.4) is 0 Å². The van der Waals surface area contributed by atoms with Crippen molar-refractivity contribution in [1.82, 2.24) is 0 Å². The van der Waals surface area contributed by atoms with E-state index >= 15 is 0 Å². The van der Waals surface area contributed by atoms with Crippen LogP contribution >= 0.6 is 0 Å². The van der Waals surface area contributed by atoms with Gasteiger partial charge in [0.2, 0.25) is 0 Å². The lowest BCUT2D eigenvalue weighted by molar-refractivity contribution is -0.138. The van der Waals surface area contributed by atoms with Crippen molar-refractivity contribution in [2.75, 3.05) is 0 Å². The van der Waals surface area contributed by atoms with Crippen LogP contribution in [0.4, 0.5) is 52.7 Å². The highest BCUT2D eigenvalue weighted by Gasteiger charge is 2.37. The average molecular weight is 1040 g/mol. The Labute approximate surface area is 395 Å². The minimum Gasteiger partial charge on any atom is -0.166 e. The second kappa shape index (κ2) is 22.4. The molecule has 5 aromatic rings. The van der Waals surface area contributed by atoms with E-state index in [1.807, 2.05) is 45.3 Å². The summed E-state index contributed by atoms with van der Waals surface area (Å²) in [5, 5.41) is 4.70. The van der Waals surface area contributed by atoms with Gasteiger partial charge in [-0.1, -0.05) is 245 Å². The van der Waals surface area contributed by atoms with E-state index in [9.17, 15) is 52.7 Å². The summed E-state index contributed by atoms with van der Waals surface area (Å²) in [6.07, 6.45) is -16.9. The topological polar surface area (TPSA) is 0 Å². The SMILES string of the molecule is C[Si](C)(C)c1ccc(C(F)(F)F)cc1.C[Si](C)(C)c1cccc(C(F)(F)F)c1.C[Si](C)(C)c1ccccc1C(F)(F)F.Cc1cccc([Si](C)(C)CC[Si](C)(C)c2cccc(C(F)(F)F)c2)c1. The van der Waals surface area contributed by atoms with E-state index in [1.165, 1.54) is 41.1 Å². The normalized spacial score (nSPS) is 13.0. The summed E-state index contributed by atoms with van der Waals surface area (Å²) >= 11 is 0. The Morgan fingerprint density at radius 2 is 0.701 bits per heavy atom. The van der Waals surface area contributed by atoms with Gasteiger partial charge in [0.25, 0.3) is 0 Å². The van der Waals surface area contributed by atoms with Crippen LogP contribution in [0.1, 0.15) is 27.8 Å². The number of hydrogen-bond donors (Lipinski definition) is 0. The Hall–Kier alpha value is -3.66. The molecule has 0 aliphatic carbocycles. The Morgan fingerprint density at radius 3 is 1.06 bits per heavy atom. The first-order chi connectivity index (χ1) is 30.1. The van der Waals surface area contributed by atoms with Crippen molar-refractivity contribution in [3.05, 3.63) is 149 Å². The predicted octanol–water partition coefficient (Wildman–Crippen LogP) is 15.3. The summed E-state index contributed by atoms with van der Waals surface area (Å²) in [6, 6.07) is 33.8. The number of rotatable bonds is 8. The van der Waals surface area contributed by atoms with Gasteiger partial charge in [0.05, 0.1) is 62.6 Å². The van der Waals surface area contributed by atoms with Crippen LogP contribution in [0, 0.1) is 6.92 Å². The lowest BCUT2D eigenvalue weighted by Crippen LogP contribution is -2.47. The standard InChI is InChI=1S/C20H27F3Si2.3C10H13F3Si/c1-16-8-6-10-18(14-16)24(2,3)12-13-25(4,5)19-11-7-9-17(15-19)20(21,22)23;1-14(2,3)9-6-4-8(5-7-9)10(11,12)13;1-14(2,3)9-6-4-5-8(7-9)10(11,12)13;1-14(2,3)9-7-5-4-6-8(9)10(11,12)13/h6-11,14-15H,12-13H2,1-5H3;3*4-7H,1-3H3. The zero-order valence-corrected chi connectivity index (χ0v) is 46.0. The first-order valence-electron chi connectivity index (χ1n) is 21.8. The van der Waals surface area contributed by atoms with Gasteiger partial charge in [0.1, 0.15) is 0 Å². The molecule has 0 saturated heterocycles. The molecule has 370 valence electrons. The first kappa shape index (κ1) is 59.5. The molecular formula is C50H66F12Si5. The largest absolute Gasteiger partial charge is 0.416 e. The lowest BCUT2D eigenvalue weighted by atomic mass is 10.2. The third-order valence-corrected chi connectivity index (χ3v) is 24.7. The number of benzene rings is 5. The van der Waals surface area contributed by atoms with Crippen molar-refractivity contribution < 1.29 is 52.7 Å². The molecular weight excluding hydrogens is 969 g/mol. The molecule has 0 atom stereocenters. The molecule has 0 radical (unpaired) electrons. The highest BCUT2D eigenvalue weighted by atomic mass is 28.3. The quantitative estimate of drug-likeness (QED) is 0.107. The zero-order chi connectivity index (χ0) is 51.8. The van der Waals surface area contributed by atoms with Gasteiger partial charge in [-0.2, -0.15) is 52.7 Å². The van der Waals surface area contributed by atoms with Crippen molar-refractivity contribution in [2.45, 2.75) is 129 Å². The van der Waals surface area contributed by atoms with Crippen LogP contribution in [0.2, 0.25) is 97.2 Å². The zero-order valence-electron chi connectivity index (χ0n) is 41.0. The number of aryl methyl sites for hydroxylation is 1. The maximum Gasteiger partial charge on any atom is 0.416 e. The molecule has 17 heteroatoms. The molecule has 0 amide bonds. The molecule has 0 heterocycles. The summed E-state index contributed by atoms with van der Waals surface area (Å²) in [5.74, 6) is 0. The third kappa shape index (κ3) is 19.3. The Bertz CT molecular complexity index is 2230. The minimum atomic E-state index is -4.27. The van der Waals surface area contributed by atoms with Gasteiger partial charge >= 0.3 is 24.7 Å². The van der Waals surface area contributed by atoms with Gasteiger partial charge in [-0.3, -0.25) is 0 Å². The minimum absolute atomic E-state index is 0.473. The van der Waals surface area contributed by atoms with Crippen molar-refractivity contribution in [3.8, 4) is 0 Å². The summed E-state index contributed by atoms with van der Waals surface area (Å²) in [7, 11) is -8.54. The van der Waals surface area contributed by atoms with Crippen LogP contribution in [-0.2, 0) is 24.7 Å². The average Bonchev–Trinajstić information content (AvgIpc) is 3.19. The molecule has 67 heavy (non-hydrogen) atoms. The lowest BCUT2D eigenvalue weighted by Gasteiger charge is -2.30. The number of alkyl halides is 12. The van der Waals surface area contributed by atoms with Gasteiger partial charge in [0, 0.05) is 0 Å². The summed E-state index contributed by atoms with van der Waals surface area (Å²) < 4.78 is 151. The molecule has 5 rings (SSSR count). The van der Waals surface area contributed by atoms with Crippen LogP contribution in [0.25, 0.3) is 0 Å². The maximum atomic E-state index is 13.0. The molecule has 0 bridgehead atoms. The van der Waals surface area contributed by atoms with Crippen molar-refractivity contribution in [1.29, 1.82) is 0 Å². The molecule has 0 aliphatic heterocycles. The van der Waals surface area contributed by atoms with Gasteiger partial charge in [-0.05, 0) is 12.1 Å². The second-order valence-electron chi connectivity index (χ2n) is 21.2. The molecule has 0 N–H and O–H groups in total. The molecule has 0 nitrogen and oxygen atoms in total. The highest BCUT2D eigenvalue weighted by Crippen LogP contribution is 2.32. The third-order valence-electron chi connectivity index (χ3n) is 11.3. The Morgan fingerprint density at radius 1 is 0.328 bits per heavy atom. The smallest absolute Gasteiger partial charge is 0.166 e. The highest BCUT2D eigenvalue weighted by molar-refractivity contribution is 6.94. The van der Waals surface area contributed by atoms with E-state index in [2.05, 4.69) is 77.0 Å². The number of hydrogen-bond acceptors (Lipinski definition) is 0. The van der Waals surface area contributed by atoms with E-state index in [0.29, 0.717) is 5.19 Å². The molecule has 0 spiro atoms. The van der Waals surface area contributed by atoms with Crippen molar-refractivity contribution in [2.24, 2.45) is 0 Å². The molecule has 0 fully saturated rings. The molecule has 0 unspecified atom stereocenters. The Kier molecular flexibility index (Phi) is 19.9. The van der Waals surface area contributed by atoms with E-state index in [-0.39, 0.29) is 0 Å². The van der Waals surface area contributed by atoms with Gasteiger partial charge in [-0.15, -0.1) is 0 Å². The molecule has 5 aromatic carbocycles. The summed E-state index contributed by atoms with van der Waals surface area (Å²) in [6.45, 7) is 29.3. The fourth-order valence-corrected chi connectivity index (χ4v) is 18.6. The van der Waals surface area contributed by atoms with Gasteiger partial charge < -0.3 is 0 Å². The van der Waals surface area contributed by atoms with Crippen molar-refractivity contribution >= 4 is 66.3 Å². The van der Waals surface area contributed by atoms with E-state index < -0.39 is 87.3 Å². The monoisotopic (exact) mass is 1030 g/mol. The maximum absolute atomic E-state index is 13.0. The van der Waals surface area contributed by atoms with Crippen molar-refractivity contribution in [3.63, 3.8) is 0 Å². The second-order valence-corrected chi connectivity index (χ2v) is 46.0. The van der Waals surface area contributed by atoms with E-state index in [4.69, 9.17) is 0 Å². The first-order valence-corrected chi connectivity index (χ1v) is 38.8. The van der Waals surface area contributed by atoms with Gasteiger partial charge in [0.15, 0.2) is 0 Å². The summed E-state index contributed by atoms with van der Waals surface area (Å²) in [5.41, 5.74) is -0.843.